The molecule has 0 spiro atoms. The number of rotatable bonds is 8. The molecule has 0 aliphatic carbocycles. The van der Waals surface area contributed by atoms with Gasteiger partial charge in [-0.1, -0.05) is 30.3 Å². The van der Waals surface area contributed by atoms with E-state index in [1.54, 1.807) is 43.3 Å². The SMILES string of the molecule is CC(=NNC(=O)c1ccc([N+](=O)[O-])cc1)c1cccc(NC(=O)COc2ccccc2)c1. The van der Waals surface area contributed by atoms with Gasteiger partial charge >= 0.3 is 0 Å². The lowest BCUT2D eigenvalue weighted by Gasteiger charge is -2.09. The van der Waals surface area contributed by atoms with E-state index in [1.807, 2.05) is 18.2 Å². The Morgan fingerprint density at radius 2 is 1.69 bits per heavy atom. The fourth-order valence-electron chi connectivity index (χ4n) is 2.68. The van der Waals surface area contributed by atoms with E-state index in [4.69, 9.17) is 4.74 Å². The lowest BCUT2D eigenvalue weighted by molar-refractivity contribution is -0.384. The Hall–Kier alpha value is -4.53. The maximum absolute atomic E-state index is 12.2. The summed E-state index contributed by atoms with van der Waals surface area (Å²) in [6.07, 6.45) is 0. The molecule has 0 radical (unpaired) electrons. The molecule has 3 aromatic carbocycles. The zero-order chi connectivity index (χ0) is 22.9. The lowest BCUT2D eigenvalue weighted by atomic mass is 10.1. The average Bonchev–Trinajstić information content (AvgIpc) is 2.82. The quantitative estimate of drug-likeness (QED) is 0.319. The molecule has 0 saturated carbocycles. The first-order valence-electron chi connectivity index (χ1n) is 9.59. The third-order valence-electron chi connectivity index (χ3n) is 4.34. The lowest BCUT2D eigenvalue weighted by Crippen LogP contribution is -2.20. The minimum Gasteiger partial charge on any atom is -0.484 e. The molecule has 0 bridgehead atoms. The van der Waals surface area contributed by atoms with E-state index in [-0.39, 0.29) is 23.8 Å². The Morgan fingerprint density at radius 1 is 0.969 bits per heavy atom. The first-order chi connectivity index (χ1) is 15.4. The summed E-state index contributed by atoms with van der Waals surface area (Å²) < 4.78 is 5.42. The van der Waals surface area contributed by atoms with Crippen molar-refractivity contribution in [1.29, 1.82) is 0 Å². The van der Waals surface area contributed by atoms with E-state index in [0.29, 0.717) is 22.7 Å². The van der Waals surface area contributed by atoms with Crippen LogP contribution in [-0.2, 0) is 4.79 Å². The molecule has 0 heterocycles. The highest BCUT2D eigenvalue weighted by Crippen LogP contribution is 2.14. The second kappa shape index (κ2) is 10.5. The number of carbonyl (C=O) groups excluding carboxylic acids is 2. The fraction of sp³-hybridized carbons (Fsp3) is 0.0870. The molecule has 0 aromatic heterocycles. The molecule has 0 fully saturated rings. The van der Waals surface area contributed by atoms with Crippen molar-refractivity contribution in [3.05, 3.63) is 100 Å². The molecular formula is C23H20N4O5. The molecule has 9 heteroatoms. The number of non-ortho nitro benzene ring substituents is 1. The number of hydrogen-bond acceptors (Lipinski definition) is 6. The number of nitro groups is 1. The Kier molecular flexibility index (Phi) is 7.26. The van der Waals surface area contributed by atoms with Crippen molar-refractivity contribution in [3.63, 3.8) is 0 Å². The number of anilines is 1. The van der Waals surface area contributed by atoms with Gasteiger partial charge in [-0.2, -0.15) is 5.10 Å². The molecule has 9 nitrogen and oxygen atoms in total. The van der Waals surface area contributed by atoms with E-state index in [0.717, 1.165) is 0 Å². The predicted molar refractivity (Wildman–Crippen MR) is 120 cm³/mol. The van der Waals surface area contributed by atoms with Crippen LogP contribution in [0.2, 0.25) is 0 Å². The Labute approximate surface area is 183 Å². The summed E-state index contributed by atoms with van der Waals surface area (Å²) in [5.74, 6) is -0.211. The Balaban J connectivity index is 1.58. The van der Waals surface area contributed by atoms with Crippen LogP contribution in [0.1, 0.15) is 22.8 Å². The summed E-state index contributed by atoms with van der Waals surface area (Å²) in [5.41, 5.74) is 4.31. The summed E-state index contributed by atoms with van der Waals surface area (Å²) in [6.45, 7) is 1.57. The number of hydrazone groups is 1. The van der Waals surface area contributed by atoms with Crippen LogP contribution in [0.4, 0.5) is 11.4 Å². The second-order valence-electron chi connectivity index (χ2n) is 6.67. The number of amides is 2. The van der Waals surface area contributed by atoms with Crippen LogP contribution in [0.5, 0.6) is 5.75 Å². The molecule has 0 saturated heterocycles. The van der Waals surface area contributed by atoms with Gasteiger partial charge in [0.1, 0.15) is 5.75 Å². The van der Waals surface area contributed by atoms with Crippen molar-refractivity contribution in [2.24, 2.45) is 5.10 Å². The summed E-state index contributed by atoms with van der Waals surface area (Å²) in [6, 6.07) is 21.2. The zero-order valence-corrected chi connectivity index (χ0v) is 17.1. The number of benzene rings is 3. The van der Waals surface area contributed by atoms with Crippen molar-refractivity contribution in [2.45, 2.75) is 6.92 Å². The van der Waals surface area contributed by atoms with Gasteiger partial charge in [0.05, 0.1) is 10.6 Å². The molecule has 2 N–H and O–H groups in total. The van der Waals surface area contributed by atoms with E-state index in [1.165, 1.54) is 24.3 Å². The van der Waals surface area contributed by atoms with Gasteiger partial charge in [0.2, 0.25) is 0 Å². The van der Waals surface area contributed by atoms with Crippen molar-refractivity contribution >= 4 is 28.9 Å². The standard InChI is InChI=1S/C23H20N4O5/c1-16(25-26-23(29)17-10-12-20(13-11-17)27(30)31)18-6-5-7-19(14-18)24-22(28)15-32-21-8-3-2-4-9-21/h2-14H,15H2,1H3,(H,24,28)(H,26,29). The highest BCUT2D eigenvalue weighted by Gasteiger charge is 2.10. The van der Waals surface area contributed by atoms with Crippen LogP contribution >= 0.6 is 0 Å². The van der Waals surface area contributed by atoms with Crippen LogP contribution < -0.4 is 15.5 Å². The number of nitrogens with zero attached hydrogens (tertiary/aromatic N) is 2. The fourth-order valence-corrected chi connectivity index (χ4v) is 2.68. The van der Waals surface area contributed by atoms with Crippen molar-refractivity contribution in [2.75, 3.05) is 11.9 Å². The molecule has 3 aromatic rings. The second-order valence-corrected chi connectivity index (χ2v) is 6.67. The first kappa shape index (κ1) is 22.2. The average molecular weight is 432 g/mol. The monoisotopic (exact) mass is 432 g/mol. The Bertz CT molecular complexity index is 1140. The van der Waals surface area contributed by atoms with Crippen LogP contribution in [0.15, 0.2) is 84.0 Å². The maximum Gasteiger partial charge on any atom is 0.271 e. The molecule has 0 atom stereocenters. The highest BCUT2D eigenvalue weighted by molar-refractivity contribution is 6.02. The summed E-state index contributed by atoms with van der Waals surface area (Å²) in [7, 11) is 0. The van der Waals surface area contributed by atoms with E-state index in [9.17, 15) is 19.7 Å². The van der Waals surface area contributed by atoms with Crippen molar-refractivity contribution < 1.29 is 19.2 Å². The molecule has 0 unspecified atom stereocenters. The van der Waals surface area contributed by atoms with E-state index in [2.05, 4.69) is 15.8 Å². The summed E-state index contributed by atoms with van der Waals surface area (Å²) in [4.78, 5) is 34.5. The van der Waals surface area contributed by atoms with Gasteiger partial charge in [0, 0.05) is 23.4 Å². The molecule has 0 aliphatic heterocycles. The molecular weight excluding hydrogens is 412 g/mol. The topological polar surface area (TPSA) is 123 Å². The van der Waals surface area contributed by atoms with Gasteiger partial charge in [0.25, 0.3) is 17.5 Å². The van der Waals surface area contributed by atoms with Gasteiger partial charge in [0.15, 0.2) is 6.61 Å². The van der Waals surface area contributed by atoms with Crippen LogP contribution in [0, 0.1) is 10.1 Å². The number of ether oxygens (including phenoxy) is 1. The largest absolute Gasteiger partial charge is 0.484 e. The van der Waals surface area contributed by atoms with Crippen LogP contribution in [0.3, 0.4) is 0 Å². The normalized spacial score (nSPS) is 10.8. The van der Waals surface area contributed by atoms with Gasteiger partial charge in [-0.25, -0.2) is 5.43 Å². The smallest absolute Gasteiger partial charge is 0.271 e. The van der Waals surface area contributed by atoms with Gasteiger partial charge in [-0.05, 0) is 48.9 Å². The van der Waals surface area contributed by atoms with Crippen LogP contribution in [0.25, 0.3) is 0 Å². The first-order valence-corrected chi connectivity index (χ1v) is 9.59. The third-order valence-corrected chi connectivity index (χ3v) is 4.34. The number of hydrogen-bond donors (Lipinski definition) is 2. The number of nitrogens with one attached hydrogen (secondary N) is 2. The third kappa shape index (κ3) is 6.23. The van der Waals surface area contributed by atoms with Crippen LogP contribution in [-0.4, -0.2) is 29.1 Å². The van der Waals surface area contributed by atoms with Gasteiger partial charge < -0.3 is 10.1 Å². The van der Waals surface area contributed by atoms with Crippen molar-refractivity contribution in [1.82, 2.24) is 5.43 Å². The molecule has 0 aliphatic rings. The predicted octanol–water partition coefficient (Wildman–Crippen LogP) is 3.77. The summed E-state index contributed by atoms with van der Waals surface area (Å²) >= 11 is 0. The molecule has 2 amide bonds. The van der Waals surface area contributed by atoms with Gasteiger partial charge in [-0.15, -0.1) is 0 Å². The zero-order valence-electron chi connectivity index (χ0n) is 17.1. The van der Waals surface area contributed by atoms with Crippen molar-refractivity contribution in [3.8, 4) is 5.75 Å². The van der Waals surface area contributed by atoms with Gasteiger partial charge in [-0.3, -0.25) is 19.7 Å². The molecule has 162 valence electrons. The minimum atomic E-state index is -0.538. The number of carbonyl (C=O) groups is 2. The number of para-hydroxylation sites is 1. The summed E-state index contributed by atoms with van der Waals surface area (Å²) in [5, 5.41) is 17.5. The Morgan fingerprint density at radius 3 is 2.38 bits per heavy atom. The maximum atomic E-state index is 12.2. The molecule has 3 rings (SSSR count). The number of nitro benzene ring substituents is 1. The van der Waals surface area contributed by atoms with E-state index >= 15 is 0 Å². The minimum absolute atomic E-state index is 0.103. The molecule has 32 heavy (non-hydrogen) atoms. The highest BCUT2D eigenvalue weighted by atomic mass is 16.6. The van der Waals surface area contributed by atoms with E-state index < -0.39 is 10.8 Å².